The Morgan fingerprint density at radius 2 is 0.846 bits per heavy atom. The van der Waals surface area contributed by atoms with Gasteiger partial charge in [0.1, 0.15) is 0 Å². The number of nitrogens with zero attached hydrogens (tertiary/aromatic N) is 1. The molecule has 0 radical (unpaired) electrons. The molecule has 0 heterocycles. The van der Waals surface area contributed by atoms with Crippen molar-refractivity contribution in [3.05, 3.63) is 60.7 Å². The molecule has 0 aliphatic heterocycles. The van der Waals surface area contributed by atoms with Gasteiger partial charge < -0.3 is 0 Å². The van der Waals surface area contributed by atoms with E-state index in [1.54, 1.807) is 0 Å². The van der Waals surface area contributed by atoms with Gasteiger partial charge in [-0.25, -0.2) is 4.39 Å². The Labute approximate surface area is 141 Å². The van der Waals surface area contributed by atoms with Crippen molar-refractivity contribution in [2.75, 3.05) is 4.90 Å². The molecule has 142 valence electrons. The first-order valence-electron chi connectivity index (χ1n) is 6.94. The van der Waals surface area contributed by atoms with Crippen molar-refractivity contribution in [2.45, 2.75) is 24.1 Å². The number of benzene rings is 2. The molecule has 0 saturated carbocycles. The van der Waals surface area contributed by atoms with Crippen LogP contribution in [-0.4, -0.2) is 24.1 Å². The van der Waals surface area contributed by atoms with Crippen LogP contribution in [0.15, 0.2) is 60.7 Å². The summed E-state index contributed by atoms with van der Waals surface area (Å²) in [5, 5.41) is 0. The monoisotopic (exact) mass is 387 g/mol. The lowest BCUT2D eigenvalue weighted by molar-refractivity contribution is -0.380. The highest BCUT2D eigenvalue weighted by atomic mass is 19.4. The number of hydrogen-bond acceptors (Lipinski definition) is 1. The maximum atomic E-state index is 14.9. The summed E-state index contributed by atoms with van der Waals surface area (Å²) in [6.07, 6.45) is -13.4. The number of rotatable bonds is 4. The third-order valence-electron chi connectivity index (χ3n) is 3.48. The third kappa shape index (κ3) is 3.08. The molecule has 2 rings (SSSR count). The first-order valence-corrected chi connectivity index (χ1v) is 6.94. The fourth-order valence-corrected chi connectivity index (χ4v) is 2.29. The van der Waals surface area contributed by atoms with E-state index < -0.39 is 40.3 Å². The highest BCUT2D eigenvalue weighted by Gasteiger charge is 2.84. The molecule has 10 heteroatoms. The third-order valence-corrected chi connectivity index (χ3v) is 3.48. The van der Waals surface area contributed by atoms with Crippen LogP contribution in [0.1, 0.15) is 0 Å². The molecule has 0 amide bonds. The minimum absolute atomic E-state index is 0.694. The number of para-hydroxylation sites is 2. The fraction of sp³-hybridized carbons (Fsp3) is 0.250. The molecule has 2 aromatic carbocycles. The van der Waals surface area contributed by atoms with Crippen molar-refractivity contribution in [3.8, 4) is 0 Å². The Morgan fingerprint density at radius 3 is 1.12 bits per heavy atom. The van der Waals surface area contributed by atoms with Gasteiger partial charge in [0.15, 0.2) is 0 Å². The van der Waals surface area contributed by atoms with Gasteiger partial charge in [0, 0.05) is 11.4 Å². The van der Waals surface area contributed by atoms with Crippen LogP contribution in [0.4, 0.5) is 50.9 Å². The van der Waals surface area contributed by atoms with Crippen LogP contribution < -0.4 is 4.90 Å². The van der Waals surface area contributed by atoms with Gasteiger partial charge in [-0.15, -0.1) is 0 Å². The Bertz CT molecular complexity index is 685. The predicted molar refractivity (Wildman–Crippen MR) is 75.9 cm³/mol. The molecule has 0 fully saturated rings. The van der Waals surface area contributed by atoms with Gasteiger partial charge in [-0.3, -0.25) is 4.90 Å². The normalized spacial score (nSPS) is 15.4. The molecular weight excluding hydrogens is 377 g/mol. The zero-order chi connectivity index (χ0) is 19.8. The largest absolute Gasteiger partial charge is 0.459 e. The van der Waals surface area contributed by atoms with E-state index in [4.69, 9.17) is 0 Å². The second kappa shape index (κ2) is 6.40. The SMILES string of the molecule is FC(F)(F)C(F)(F)C(F)(N(c1ccccc1)c1ccccc1)C(F)(F)F. The average Bonchev–Trinajstić information content (AvgIpc) is 2.54. The molecule has 0 bridgehead atoms. The minimum Gasteiger partial charge on any atom is -0.296 e. The summed E-state index contributed by atoms with van der Waals surface area (Å²) in [4.78, 5) is -0.694. The van der Waals surface area contributed by atoms with E-state index in [1.165, 1.54) is 12.1 Å². The van der Waals surface area contributed by atoms with Gasteiger partial charge in [0.05, 0.1) is 0 Å². The molecule has 0 aliphatic carbocycles. The van der Waals surface area contributed by atoms with Crippen molar-refractivity contribution in [1.82, 2.24) is 0 Å². The van der Waals surface area contributed by atoms with Crippen molar-refractivity contribution >= 4 is 11.4 Å². The highest BCUT2D eigenvalue weighted by molar-refractivity contribution is 5.66. The van der Waals surface area contributed by atoms with E-state index in [0.29, 0.717) is 0 Å². The molecule has 0 N–H and O–H groups in total. The number of hydrogen-bond donors (Lipinski definition) is 0. The van der Waals surface area contributed by atoms with Gasteiger partial charge in [0.2, 0.25) is 0 Å². The van der Waals surface area contributed by atoms with Gasteiger partial charge >= 0.3 is 24.1 Å². The topological polar surface area (TPSA) is 3.24 Å². The number of anilines is 2. The lowest BCUT2D eigenvalue weighted by Gasteiger charge is -2.44. The molecule has 1 unspecified atom stereocenters. The maximum absolute atomic E-state index is 14.9. The highest BCUT2D eigenvalue weighted by Crippen LogP contribution is 2.57. The molecule has 0 spiro atoms. The quantitative estimate of drug-likeness (QED) is 0.443. The van der Waals surface area contributed by atoms with E-state index in [0.717, 1.165) is 48.5 Å². The summed E-state index contributed by atoms with van der Waals surface area (Å²) in [5.41, 5.74) is -1.66. The molecule has 2 aromatic rings. The molecule has 0 aliphatic rings. The van der Waals surface area contributed by atoms with E-state index in [2.05, 4.69) is 0 Å². The maximum Gasteiger partial charge on any atom is 0.459 e. The van der Waals surface area contributed by atoms with Crippen molar-refractivity contribution in [1.29, 1.82) is 0 Å². The van der Waals surface area contributed by atoms with Crippen LogP contribution in [0, 0.1) is 0 Å². The zero-order valence-corrected chi connectivity index (χ0v) is 12.6. The predicted octanol–water partition coefficient (Wildman–Crippen LogP) is 6.25. The molecule has 1 atom stereocenters. The summed E-state index contributed by atoms with van der Waals surface area (Å²) in [6.45, 7) is 0. The molecule has 0 saturated heterocycles. The van der Waals surface area contributed by atoms with Gasteiger partial charge in [-0.1, -0.05) is 36.4 Å². The Hall–Kier alpha value is -2.39. The summed E-state index contributed by atoms with van der Waals surface area (Å²) >= 11 is 0. The summed E-state index contributed by atoms with van der Waals surface area (Å²) in [6, 6.07) is 10.0. The molecular formula is C16H10F9N. The second-order valence-corrected chi connectivity index (χ2v) is 5.20. The lowest BCUT2D eigenvalue weighted by atomic mass is 10.0. The van der Waals surface area contributed by atoms with Crippen molar-refractivity contribution in [2.24, 2.45) is 0 Å². The van der Waals surface area contributed by atoms with Crippen LogP contribution >= 0.6 is 0 Å². The van der Waals surface area contributed by atoms with E-state index in [-0.39, 0.29) is 0 Å². The Balaban J connectivity index is 2.85. The summed E-state index contributed by atoms with van der Waals surface area (Å²) in [7, 11) is 0. The van der Waals surface area contributed by atoms with Gasteiger partial charge in [0.25, 0.3) is 0 Å². The van der Waals surface area contributed by atoms with E-state index in [9.17, 15) is 39.5 Å². The number of halogens is 9. The van der Waals surface area contributed by atoms with Crippen LogP contribution in [0.2, 0.25) is 0 Å². The standard InChI is InChI=1S/C16H10F9N/c17-13(18,15(20,21)22)14(19,16(23,24)25)26(11-7-3-1-4-8-11)12-9-5-2-6-10-12/h1-10H. The van der Waals surface area contributed by atoms with Crippen molar-refractivity contribution in [3.63, 3.8) is 0 Å². The van der Waals surface area contributed by atoms with E-state index in [1.807, 2.05) is 0 Å². The van der Waals surface area contributed by atoms with Crippen LogP contribution in [-0.2, 0) is 0 Å². The summed E-state index contributed by atoms with van der Waals surface area (Å²) < 4.78 is 121. The fourth-order valence-electron chi connectivity index (χ4n) is 2.29. The molecule has 1 nitrogen and oxygen atoms in total. The van der Waals surface area contributed by atoms with Crippen LogP contribution in [0.25, 0.3) is 0 Å². The van der Waals surface area contributed by atoms with Crippen molar-refractivity contribution < 1.29 is 39.5 Å². The zero-order valence-electron chi connectivity index (χ0n) is 12.6. The Kier molecular flexibility index (Phi) is 4.91. The molecule has 26 heavy (non-hydrogen) atoms. The number of alkyl halides is 9. The smallest absolute Gasteiger partial charge is 0.296 e. The van der Waals surface area contributed by atoms with Gasteiger partial charge in [-0.05, 0) is 24.3 Å². The molecule has 0 aromatic heterocycles. The summed E-state index contributed by atoms with van der Waals surface area (Å²) in [5.74, 6) is -12.8. The van der Waals surface area contributed by atoms with Gasteiger partial charge in [-0.2, -0.15) is 35.1 Å². The van der Waals surface area contributed by atoms with Crippen LogP contribution in [0.5, 0.6) is 0 Å². The minimum atomic E-state index is -6.79. The second-order valence-electron chi connectivity index (χ2n) is 5.20. The average molecular weight is 387 g/mol. The Morgan fingerprint density at radius 1 is 0.500 bits per heavy atom. The first-order chi connectivity index (χ1) is 11.8. The van der Waals surface area contributed by atoms with E-state index >= 15 is 0 Å². The van der Waals surface area contributed by atoms with Crippen LogP contribution in [0.3, 0.4) is 0 Å². The lowest BCUT2D eigenvalue weighted by Crippen LogP contribution is -2.69. The first kappa shape index (κ1) is 19.9.